The maximum absolute atomic E-state index is 11.7. The van der Waals surface area contributed by atoms with E-state index in [1.54, 1.807) is 18.2 Å². The smallest absolute Gasteiger partial charge is 0.251 e. The quantitative estimate of drug-likeness (QED) is 0.939. The van der Waals surface area contributed by atoms with Crippen LogP contribution in [0.5, 0.6) is 0 Å². The van der Waals surface area contributed by atoms with Gasteiger partial charge in [0, 0.05) is 16.1 Å². The minimum absolute atomic E-state index is 0.135. The van der Waals surface area contributed by atoms with Crippen molar-refractivity contribution in [1.82, 2.24) is 10.5 Å². The van der Waals surface area contributed by atoms with Crippen LogP contribution in [0.4, 0.5) is 0 Å². The van der Waals surface area contributed by atoms with Crippen LogP contribution >= 0.6 is 15.9 Å². The molecule has 1 amide bonds. The molecule has 0 aliphatic carbocycles. The summed E-state index contributed by atoms with van der Waals surface area (Å²) >= 11 is 3.31. The van der Waals surface area contributed by atoms with Crippen molar-refractivity contribution in [2.75, 3.05) is 0 Å². The van der Waals surface area contributed by atoms with Gasteiger partial charge in [-0.25, -0.2) is 0 Å². The lowest BCUT2D eigenvalue weighted by Crippen LogP contribution is -2.22. The first-order chi connectivity index (χ1) is 7.75. The summed E-state index contributed by atoms with van der Waals surface area (Å²) < 4.78 is 5.54. The molecule has 2 aromatic rings. The molecule has 0 saturated heterocycles. The van der Waals surface area contributed by atoms with E-state index in [1.807, 2.05) is 12.1 Å². The topological polar surface area (TPSA) is 55.1 Å². The Hall–Kier alpha value is -1.62. The maximum Gasteiger partial charge on any atom is 0.251 e. The Morgan fingerprint density at radius 2 is 2.31 bits per heavy atom. The van der Waals surface area contributed by atoms with Crippen molar-refractivity contribution in [3.05, 3.63) is 52.3 Å². The molecule has 1 aromatic carbocycles. The van der Waals surface area contributed by atoms with E-state index >= 15 is 0 Å². The lowest BCUT2D eigenvalue weighted by molar-refractivity contribution is 0.0950. The van der Waals surface area contributed by atoms with Gasteiger partial charge in [-0.3, -0.25) is 4.79 Å². The van der Waals surface area contributed by atoms with Crippen molar-refractivity contribution >= 4 is 21.8 Å². The zero-order valence-corrected chi connectivity index (χ0v) is 9.90. The van der Waals surface area contributed by atoms with Crippen molar-refractivity contribution in [3.63, 3.8) is 0 Å². The summed E-state index contributed by atoms with van der Waals surface area (Å²) in [5, 5.41) is 6.45. The fourth-order valence-electron chi connectivity index (χ4n) is 1.23. The summed E-state index contributed by atoms with van der Waals surface area (Å²) in [5.41, 5.74) is 1.31. The molecule has 0 aliphatic heterocycles. The molecule has 0 bridgehead atoms. The molecule has 0 unspecified atom stereocenters. The predicted octanol–water partition coefficient (Wildman–Crippen LogP) is 2.37. The van der Waals surface area contributed by atoms with E-state index in [2.05, 4.69) is 30.9 Å². The minimum atomic E-state index is -0.135. The first-order valence-corrected chi connectivity index (χ1v) is 5.48. The number of aromatic nitrogens is 1. The van der Waals surface area contributed by atoms with Crippen molar-refractivity contribution in [1.29, 1.82) is 0 Å². The summed E-state index contributed by atoms with van der Waals surface area (Å²) in [4.78, 5) is 11.7. The predicted molar refractivity (Wildman–Crippen MR) is 61.8 cm³/mol. The van der Waals surface area contributed by atoms with E-state index < -0.39 is 0 Å². The molecule has 0 atom stereocenters. The highest BCUT2D eigenvalue weighted by Gasteiger charge is 2.06. The number of amides is 1. The normalized spacial score (nSPS) is 10.1. The van der Waals surface area contributed by atoms with Crippen LogP contribution in [0.15, 0.2) is 45.6 Å². The number of carbonyl (C=O) groups is 1. The Bertz CT molecular complexity index is 482. The van der Waals surface area contributed by atoms with Crippen LogP contribution in [0.2, 0.25) is 0 Å². The van der Waals surface area contributed by atoms with Crippen LogP contribution in [0.3, 0.4) is 0 Å². The van der Waals surface area contributed by atoms with E-state index in [1.165, 1.54) is 6.26 Å². The molecule has 0 fully saturated rings. The molecular weight excluding hydrogens is 272 g/mol. The average molecular weight is 281 g/mol. The van der Waals surface area contributed by atoms with Crippen LogP contribution in [-0.4, -0.2) is 11.1 Å². The van der Waals surface area contributed by atoms with Crippen LogP contribution in [0, 0.1) is 0 Å². The standard InChI is InChI=1S/C11H9BrN2O2/c12-9-3-1-2-8(6-9)11(15)13-7-10-4-5-16-14-10/h1-6H,7H2,(H,13,15). The first-order valence-electron chi connectivity index (χ1n) is 4.69. The second-order valence-corrected chi connectivity index (χ2v) is 4.10. The SMILES string of the molecule is O=C(NCc1ccon1)c1cccc(Br)c1. The van der Waals surface area contributed by atoms with E-state index in [4.69, 9.17) is 0 Å². The van der Waals surface area contributed by atoms with Gasteiger partial charge in [0.2, 0.25) is 0 Å². The summed E-state index contributed by atoms with van der Waals surface area (Å²) in [6.07, 6.45) is 1.47. The number of halogens is 1. The summed E-state index contributed by atoms with van der Waals surface area (Å²) in [6.45, 7) is 0.363. The number of benzene rings is 1. The monoisotopic (exact) mass is 280 g/mol. The number of hydrogen-bond acceptors (Lipinski definition) is 3. The van der Waals surface area contributed by atoms with Crippen LogP contribution in [-0.2, 0) is 6.54 Å². The summed E-state index contributed by atoms with van der Waals surface area (Å²) in [6, 6.07) is 8.91. The van der Waals surface area contributed by atoms with E-state index in [0.717, 1.165) is 4.47 Å². The van der Waals surface area contributed by atoms with Gasteiger partial charge in [-0.05, 0) is 18.2 Å². The van der Waals surface area contributed by atoms with Gasteiger partial charge in [-0.15, -0.1) is 0 Å². The molecule has 0 spiro atoms. The molecule has 0 aliphatic rings. The Kier molecular flexibility index (Phi) is 3.36. The lowest BCUT2D eigenvalue weighted by Gasteiger charge is -2.02. The second kappa shape index (κ2) is 4.94. The van der Waals surface area contributed by atoms with Gasteiger partial charge in [0.05, 0.1) is 6.54 Å². The highest BCUT2D eigenvalue weighted by Crippen LogP contribution is 2.11. The highest BCUT2D eigenvalue weighted by molar-refractivity contribution is 9.10. The summed E-state index contributed by atoms with van der Waals surface area (Å²) in [5.74, 6) is -0.135. The van der Waals surface area contributed by atoms with Crippen molar-refractivity contribution in [3.8, 4) is 0 Å². The minimum Gasteiger partial charge on any atom is -0.364 e. The third-order valence-corrected chi connectivity index (χ3v) is 2.50. The van der Waals surface area contributed by atoms with Crippen LogP contribution < -0.4 is 5.32 Å². The molecule has 1 aromatic heterocycles. The third kappa shape index (κ3) is 2.70. The number of nitrogens with one attached hydrogen (secondary N) is 1. The Morgan fingerprint density at radius 3 is 3.00 bits per heavy atom. The van der Waals surface area contributed by atoms with Gasteiger partial charge < -0.3 is 9.84 Å². The van der Waals surface area contributed by atoms with Gasteiger partial charge in [-0.1, -0.05) is 27.2 Å². The maximum atomic E-state index is 11.7. The second-order valence-electron chi connectivity index (χ2n) is 3.18. The molecule has 0 radical (unpaired) electrons. The summed E-state index contributed by atoms with van der Waals surface area (Å²) in [7, 11) is 0. The molecule has 82 valence electrons. The molecular formula is C11H9BrN2O2. The van der Waals surface area contributed by atoms with Crippen LogP contribution in [0.1, 0.15) is 16.1 Å². The molecule has 16 heavy (non-hydrogen) atoms. The fraction of sp³-hybridized carbons (Fsp3) is 0.0909. The van der Waals surface area contributed by atoms with E-state index in [0.29, 0.717) is 17.8 Å². The Labute approximate surface area is 101 Å². The van der Waals surface area contributed by atoms with Gasteiger partial charge in [0.1, 0.15) is 12.0 Å². The van der Waals surface area contributed by atoms with Gasteiger partial charge >= 0.3 is 0 Å². The average Bonchev–Trinajstić information content (AvgIpc) is 2.78. The lowest BCUT2D eigenvalue weighted by atomic mass is 10.2. The van der Waals surface area contributed by atoms with Crippen molar-refractivity contribution < 1.29 is 9.32 Å². The molecule has 2 rings (SSSR count). The van der Waals surface area contributed by atoms with Crippen LogP contribution in [0.25, 0.3) is 0 Å². The van der Waals surface area contributed by atoms with Gasteiger partial charge in [0.25, 0.3) is 5.91 Å². The first kappa shape index (κ1) is 10.9. The molecule has 5 heteroatoms. The Morgan fingerprint density at radius 1 is 1.44 bits per heavy atom. The fourth-order valence-corrected chi connectivity index (χ4v) is 1.63. The van der Waals surface area contributed by atoms with E-state index in [-0.39, 0.29) is 5.91 Å². The molecule has 1 heterocycles. The van der Waals surface area contributed by atoms with Crippen molar-refractivity contribution in [2.24, 2.45) is 0 Å². The van der Waals surface area contributed by atoms with Gasteiger partial charge in [0.15, 0.2) is 0 Å². The zero-order chi connectivity index (χ0) is 11.4. The zero-order valence-electron chi connectivity index (χ0n) is 8.31. The van der Waals surface area contributed by atoms with Gasteiger partial charge in [-0.2, -0.15) is 0 Å². The number of nitrogens with zero attached hydrogens (tertiary/aromatic N) is 1. The largest absolute Gasteiger partial charge is 0.364 e. The Balaban J connectivity index is 1.98. The molecule has 1 N–H and O–H groups in total. The number of rotatable bonds is 3. The van der Waals surface area contributed by atoms with E-state index in [9.17, 15) is 4.79 Å². The molecule has 0 saturated carbocycles. The highest BCUT2D eigenvalue weighted by atomic mass is 79.9. The number of hydrogen-bond donors (Lipinski definition) is 1. The third-order valence-electron chi connectivity index (χ3n) is 2.01. The molecule has 4 nitrogen and oxygen atoms in total. The number of carbonyl (C=O) groups excluding carboxylic acids is 1. The van der Waals surface area contributed by atoms with Crippen molar-refractivity contribution in [2.45, 2.75) is 6.54 Å².